The van der Waals surface area contributed by atoms with Crippen molar-refractivity contribution in [1.29, 1.82) is 0 Å². The minimum Gasteiger partial charge on any atom is -0.462 e. The van der Waals surface area contributed by atoms with Crippen molar-refractivity contribution in [2.75, 3.05) is 0 Å². The molecule has 0 aromatic heterocycles. The van der Waals surface area contributed by atoms with Crippen molar-refractivity contribution in [2.24, 2.45) is 34.0 Å². The number of rotatable bonds is 2. The molecule has 4 saturated carbocycles. The van der Waals surface area contributed by atoms with Crippen LogP contribution in [0.3, 0.4) is 0 Å². The summed E-state index contributed by atoms with van der Waals surface area (Å²) in [5.41, 5.74) is -1.01. The number of allylic oxidation sites excluding steroid dienone is 1. The Kier molecular flexibility index (Phi) is 4.78. The lowest BCUT2D eigenvalue weighted by Crippen LogP contribution is -2.68. The molecule has 4 rings (SSSR count). The fourth-order valence-corrected chi connectivity index (χ4v) is 8.31. The second-order valence-corrected chi connectivity index (χ2v) is 11.0. The molecule has 1 N–H and O–H groups in total. The third-order valence-corrected chi connectivity index (χ3v) is 8.91. The molecule has 6 nitrogen and oxygen atoms in total. The Bertz CT molecular complexity index is 815. The van der Waals surface area contributed by atoms with Crippen molar-refractivity contribution in [1.82, 2.24) is 0 Å². The highest BCUT2D eigenvalue weighted by atomic mass is 16.6. The van der Waals surface area contributed by atoms with Gasteiger partial charge in [0.15, 0.2) is 5.78 Å². The fourth-order valence-electron chi connectivity index (χ4n) is 8.31. The first-order chi connectivity index (χ1) is 13.8. The van der Waals surface area contributed by atoms with Crippen molar-refractivity contribution in [3.63, 3.8) is 0 Å². The van der Waals surface area contributed by atoms with Gasteiger partial charge in [-0.3, -0.25) is 14.4 Å². The molecular formula is C24H34O6. The summed E-state index contributed by atoms with van der Waals surface area (Å²) >= 11 is 0. The zero-order chi connectivity index (χ0) is 22.2. The van der Waals surface area contributed by atoms with E-state index in [0.717, 1.165) is 0 Å². The lowest BCUT2D eigenvalue weighted by atomic mass is 9.39. The third-order valence-electron chi connectivity index (χ3n) is 8.91. The summed E-state index contributed by atoms with van der Waals surface area (Å²) in [7, 11) is 0. The molecule has 1 spiro atoms. The maximum Gasteiger partial charge on any atom is 0.302 e. The van der Waals surface area contributed by atoms with Gasteiger partial charge in [0, 0.05) is 36.5 Å². The first-order valence-corrected chi connectivity index (χ1v) is 11.1. The van der Waals surface area contributed by atoms with Gasteiger partial charge in [-0.1, -0.05) is 27.4 Å². The summed E-state index contributed by atoms with van der Waals surface area (Å²) in [6, 6.07) is 0. The number of aliphatic hydroxyl groups excluding tert-OH is 1. The number of aliphatic hydroxyl groups is 1. The second-order valence-electron chi connectivity index (χ2n) is 11.0. The summed E-state index contributed by atoms with van der Waals surface area (Å²) in [5.74, 6) is -1.01. The number of hydrogen-bond donors (Lipinski definition) is 1. The Balaban J connectivity index is 1.85. The molecule has 0 saturated heterocycles. The standard InChI is InChI=1S/C24H34O6/c1-12-15-9-16(27)19-23(6)8-7-18(30-14(3)26)22(4,5)20(23)17(29-13(2)25)11-24(19,10-15)21(12)28/h15-20,27H,1,7-11H2,2-6H3/t15-,16+,17+,18+,19+,20-,23+,24+/m1/s1. The zero-order valence-corrected chi connectivity index (χ0v) is 18.7. The number of Topliss-reactive ketones (excluding diaryl/α,β-unsaturated/α-hetero) is 1. The monoisotopic (exact) mass is 418 g/mol. The Hall–Kier alpha value is -1.69. The molecule has 0 radical (unpaired) electrons. The molecule has 0 unspecified atom stereocenters. The van der Waals surface area contributed by atoms with Crippen LogP contribution in [0.4, 0.5) is 0 Å². The third kappa shape index (κ3) is 2.75. The number of hydrogen-bond acceptors (Lipinski definition) is 6. The molecule has 0 aliphatic heterocycles. The molecule has 30 heavy (non-hydrogen) atoms. The van der Waals surface area contributed by atoms with Crippen molar-refractivity contribution in [3.05, 3.63) is 12.2 Å². The summed E-state index contributed by atoms with van der Waals surface area (Å²) in [6.07, 6.45) is 1.62. The van der Waals surface area contributed by atoms with Crippen molar-refractivity contribution >= 4 is 17.7 Å². The molecule has 4 aliphatic rings. The molecule has 4 fully saturated rings. The van der Waals surface area contributed by atoms with E-state index in [1.54, 1.807) is 0 Å². The van der Waals surface area contributed by atoms with Crippen LogP contribution in [-0.4, -0.2) is 41.1 Å². The molecule has 0 heterocycles. The lowest BCUT2D eigenvalue weighted by molar-refractivity contribution is -0.249. The van der Waals surface area contributed by atoms with Gasteiger partial charge in [-0.05, 0) is 49.0 Å². The second kappa shape index (κ2) is 6.65. The molecule has 166 valence electrons. The molecule has 8 atom stereocenters. The number of carbonyl (C=O) groups excluding carboxylic acids is 3. The summed E-state index contributed by atoms with van der Waals surface area (Å²) in [4.78, 5) is 37.3. The minimum absolute atomic E-state index is 0.00673. The van der Waals surface area contributed by atoms with Gasteiger partial charge in [0.2, 0.25) is 0 Å². The van der Waals surface area contributed by atoms with E-state index in [0.29, 0.717) is 37.7 Å². The Morgan fingerprint density at radius 3 is 2.30 bits per heavy atom. The smallest absolute Gasteiger partial charge is 0.302 e. The van der Waals surface area contributed by atoms with Gasteiger partial charge >= 0.3 is 11.9 Å². The fraction of sp³-hybridized carbons (Fsp3) is 0.792. The van der Waals surface area contributed by atoms with Crippen LogP contribution in [0.15, 0.2) is 12.2 Å². The van der Waals surface area contributed by atoms with Crippen LogP contribution in [0.25, 0.3) is 0 Å². The summed E-state index contributed by atoms with van der Waals surface area (Å²) < 4.78 is 11.6. The van der Waals surface area contributed by atoms with Crippen LogP contribution in [0.2, 0.25) is 0 Å². The lowest BCUT2D eigenvalue weighted by Gasteiger charge is -2.66. The van der Waals surface area contributed by atoms with Gasteiger partial charge in [0.05, 0.1) is 6.10 Å². The first kappa shape index (κ1) is 21.5. The zero-order valence-electron chi connectivity index (χ0n) is 18.7. The summed E-state index contributed by atoms with van der Waals surface area (Å²) in [6.45, 7) is 13.1. The van der Waals surface area contributed by atoms with Crippen molar-refractivity contribution in [2.45, 2.75) is 85.0 Å². The summed E-state index contributed by atoms with van der Waals surface area (Å²) in [5, 5.41) is 11.3. The van der Waals surface area contributed by atoms with E-state index in [1.165, 1.54) is 13.8 Å². The number of ether oxygens (including phenoxy) is 2. The highest BCUT2D eigenvalue weighted by molar-refractivity contribution is 6.03. The topological polar surface area (TPSA) is 89.9 Å². The van der Waals surface area contributed by atoms with Gasteiger partial charge in [0.1, 0.15) is 12.2 Å². The van der Waals surface area contributed by atoms with Gasteiger partial charge in [0.25, 0.3) is 0 Å². The first-order valence-electron chi connectivity index (χ1n) is 11.1. The van der Waals surface area contributed by atoms with E-state index in [2.05, 4.69) is 27.4 Å². The average molecular weight is 419 g/mol. The van der Waals surface area contributed by atoms with Crippen LogP contribution in [-0.2, 0) is 23.9 Å². The maximum absolute atomic E-state index is 13.5. The van der Waals surface area contributed by atoms with Crippen molar-refractivity contribution in [3.8, 4) is 0 Å². The molecule has 6 heteroatoms. The number of carbonyl (C=O) groups is 3. The Labute approximate surface area is 178 Å². The minimum atomic E-state index is -0.727. The number of ketones is 1. The van der Waals surface area contributed by atoms with E-state index in [9.17, 15) is 19.5 Å². The van der Waals surface area contributed by atoms with E-state index < -0.39 is 28.5 Å². The largest absolute Gasteiger partial charge is 0.462 e. The quantitative estimate of drug-likeness (QED) is 0.547. The highest BCUT2D eigenvalue weighted by Crippen LogP contribution is 2.71. The molecular weight excluding hydrogens is 384 g/mol. The number of esters is 2. The predicted molar refractivity (Wildman–Crippen MR) is 109 cm³/mol. The Morgan fingerprint density at radius 2 is 1.70 bits per heavy atom. The van der Waals surface area contributed by atoms with Crippen LogP contribution in [0.5, 0.6) is 0 Å². The van der Waals surface area contributed by atoms with Gasteiger partial charge in [-0.2, -0.15) is 0 Å². The van der Waals surface area contributed by atoms with Crippen molar-refractivity contribution < 1.29 is 29.0 Å². The molecule has 4 aliphatic carbocycles. The van der Waals surface area contributed by atoms with E-state index >= 15 is 0 Å². The van der Waals surface area contributed by atoms with E-state index in [-0.39, 0.29) is 41.6 Å². The molecule has 0 aromatic carbocycles. The van der Waals surface area contributed by atoms with Crippen LogP contribution in [0, 0.1) is 34.0 Å². The molecule has 2 bridgehead atoms. The van der Waals surface area contributed by atoms with E-state index in [4.69, 9.17) is 9.47 Å². The normalized spacial score (nSPS) is 46.6. The van der Waals surface area contributed by atoms with Gasteiger partial charge in [-0.25, -0.2) is 0 Å². The SMILES string of the molecule is C=C1C(=O)[C@]23C[C@H]1C[C@H](O)[C@H]2[C@]1(C)CC[C@H](OC(C)=O)C(C)(C)[C@H]1[C@@H](OC(C)=O)C3. The maximum atomic E-state index is 13.5. The van der Waals surface area contributed by atoms with Crippen LogP contribution in [0.1, 0.15) is 66.7 Å². The molecule has 0 aromatic rings. The molecule has 0 amide bonds. The van der Waals surface area contributed by atoms with Crippen LogP contribution >= 0.6 is 0 Å². The number of fused-ring (bicyclic) bond motifs is 3. The average Bonchev–Trinajstić information content (AvgIpc) is 2.77. The highest BCUT2D eigenvalue weighted by Gasteiger charge is 2.73. The Morgan fingerprint density at radius 1 is 1.07 bits per heavy atom. The van der Waals surface area contributed by atoms with Gasteiger partial charge in [-0.15, -0.1) is 0 Å². The predicted octanol–water partition coefficient (Wildman–Crippen LogP) is 3.21. The van der Waals surface area contributed by atoms with Crippen LogP contribution < -0.4 is 0 Å². The van der Waals surface area contributed by atoms with E-state index in [1.807, 2.05) is 0 Å². The van der Waals surface area contributed by atoms with Gasteiger partial charge < -0.3 is 14.6 Å².